The average molecular weight is 562 g/mol. The lowest BCUT2D eigenvalue weighted by Crippen LogP contribution is -2.49. The minimum absolute atomic E-state index is 0.335. The van der Waals surface area contributed by atoms with Crippen LogP contribution in [-0.4, -0.2) is 13.8 Å². The maximum atomic E-state index is 9.75. The van der Waals surface area contributed by atoms with Gasteiger partial charge in [-0.1, -0.05) is 108 Å². The molecular formula is C35H27BF4N2. The van der Waals surface area contributed by atoms with Crippen molar-refractivity contribution in [3.8, 4) is 33.6 Å². The fourth-order valence-electron chi connectivity index (χ4n) is 5.34. The van der Waals surface area contributed by atoms with E-state index in [4.69, 9.17) is 0 Å². The molecule has 0 spiro atoms. The van der Waals surface area contributed by atoms with Gasteiger partial charge in [0, 0.05) is 23.3 Å². The third kappa shape index (κ3) is 6.20. The Morgan fingerprint density at radius 2 is 0.952 bits per heavy atom. The summed E-state index contributed by atoms with van der Waals surface area (Å²) in [5.74, 6) is 0. The van der Waals surface area contributed by atoms with E-state index < -0.39 is 7.25 Å². The smallest absolute Gasteiger partial charge is 0.418 e. The van der Waals surface area contributed by atoms with Crippen LogP contribution in [0.3, 0.4) is 0 Å². The third-order valence-electron chi connectivity index (χ3n) is 7.29. The predicted molar refractivity (Wildman–Crippen MR) is 163 cm³/mol. The molecule has 0 amide bonds. The second-order valence-corrected chi connectivity index (χ2v) is 10.2. The van der Waals surface area contributed by atoms with Crippen molar-refractivity contribution in [2.75, 3.05) is 11.6 Å². The number of nitrogens with zero attached hydrogens (tertiary/aromatic N) is 2. The maximum absolute atomic E-state index is 9.75. The van der Waals surface area contributed by atoms with Gasteiger partial charge in [0.05, 0.1) is 0 Å². The maximum Gasteiger partial charge on any atom is 0.673 e. The molecule has 1 aliphatic heterocycles. The van der Waals surface area contributed by atoms with Crippen LogP contribution in [0.2, 0.25) is 0 Å². The Kier molecular flexibility index (Phi) is 7.49. The van der Waals surface area contributed by atoms with E-state index in [0.29, 0.717) is 6.04 Å². The van der Waals surface area contributed by atoms with Crippen LogP contribution in [0.1, 0.15) is 11.6 Å². The van der Waals surface area contributed by atoms with Crippen molar-refractivity contribution in [2.45, 2.75) is 6.04 Å². The van der Waals surface area contributed by atoms with Gasteiger partial charge in [-0.15, -0.1) is 0 Å². The first-order valence-corrected chi connectivity index (χ1v) is 13.7. The molecule has 1 unspecified atom stereocenters. The number of aromatic nitrogens is 1. The van der Waals surface area contributed by atoms with E-state index >= 15 is 0 Å². The van der Waals surface area contributed by atoms with Gasteiger partial charge in [0.25, 0.3) is 0 Å². The van der Waals surface area contributed by atoms with Crippen molar-refractivity contribution < 1.29 is 21.9 Å². The first-order valence-electron chi connectivity index (χ1n) is 13.7. The van der Waals surface area contributed by atoms with E-state index in [-0.39, 0.29) is 0 Å². The van der Waals surface area contributed by atoms with Gasteiger partial charge < -0.3 is 17.3 Å². The number of pyridine rings is 1. The van der Waals surface area contributed by atoms with E-state index in [1.54, 1.807) is 0 Å². The van der Waals surface area contributed by atoms with E-state index in [0.717, 1.165) is 6.54 Å². The lowest BCUT2D eigenvalue weighted by molar-refractivity contribution is -0.655. The molecule has 0 aliphatic carbocycles. The van der Waals surface area contributed by atoms with Gasteiger partial charge in [-0.3, -0.25) is 0 Å². The molecule has 1 atom stereocenters. The Bertz CT molecular complexity index is 1740. The van der Waals surface area contributed by atoms with Crippen molar-refractivity contribution in [3.63, 3.8) is 0 Å². The molecule has 7 rings (SSSR count). The summed E-state index contributed by atoms with van der Waals surface area (Å²) < 4.78 is 41.4. The summed E-state index contributed by atoms with van der Waals surface area (Å²) >= 11 is 0. The third-order valence-corrected chi connectivity index (χ3v) is 7.29. The summed E-state index contributed by atoms with van der Waals surface area (Å²) in [7, 11) is -6.00. The molecular weight excluding hydrogens is 535 g/mol. The van der Waals surface area contributed by atoms with E-state index in [2.05, 4.69) is 155 Å². The van der Waals surface area contributed by atoms with Crippen molar-refractivity contribution in [1.82, 2.24) is 0 Å². The van der Waals surface area contributed by atoms with Crippen LogP contribution in [0.5, 0.6) is 0 Å². The van der Waals surface area contributed by atoms with Crippen LogP contribution in [0, 0.1) is 0 Å². The minimum Gasteiger partial charge on any atom is -0.418 e. The van der Waals surface area contributed by atoms with Gasteiger partial charge in [-0.25, -0.2) is 0 Å². The Balaban J connectivity index is 0.000000585. The van der Waals surface area contributed by atoms with Crippen LogP contribution in [0.4, 0.5) is 17.3 Å². The van der Waals surface area contributed by atoms with Crippen LogP contribution in [0.25, 0.3) is 44.4 Å². The lowest BCUT2D eigenvalue weighted by atomic mass is 9.99. The van der Waals surface area contributed by atoms with E-state index in [1.807, 2.05) is 0 Å². The van der Waals surface area contributed by atoms with Crippen LogP contribution < -0.4 is 9.69 Å². The number of hydrogen-bond acceptors (Lipinski definition) is 1. The molecule has 42 heavy (non-hydrogen) atoms. The summed E-state index contributed by atoms with van der Waals surface area (Å²) in [6.07, 6.45) is 0. The van der Waals surface area contributed by atoms with Gasteiger partial charge in [0.15, 0.2) is 0 Å². The topological polar surface area (TPSA) is 6.89 Å². The standard InChI is InChI=1S/C35H27N2.BF4/c1-4-12-26(13-5-1)32-23-33(28-15-6-2-7-16-28)37(34(24-32)29-17-8-3-9-18-29)36-25-35(36)31-21-20-27-14-10-11-19-30(27)22-31;2-1(3,4)5/h1-24,35H,25H2;/q+1;-1. The summed E-state index contributed by atoms with van der Waals surface area (Å²) in [6, 6.07) is 52.7. The van der Waals surface area contributed by atoms with Crippen LogP contribution in [0.15, 0.2) is 146 Å². The van der Waals surface area contributed by atoms with Crippen LogP contribution >= 0.6 is 0 Å². The molecule has 1 aromatic heterocycles. The Morgan fingerprint density at radius 3 is 1.48 bits per heavy atom. The number of halogens is 4. The zero-order chi connectivity index (χ0) is 29.1. The van der Waals surface area contributed by atoms with E-state index in [9.17, 15) is 17.3 Å². The van der Waals surface area contributed by atoms with Gasteiger partial charge in [0.1, 0.15) is 12.6 Å². The molecule has 1 aliphatic rings. The number of fused-ring (bicyclic) bond motifs is 1. The van der Waals surface area contributed by atoms with Gasteiger partial charge in [0.2, 0.25) is 11.4 Å². The zero-order valence-electron chi connectivity index (χ0n) is 22.6. The molecule has 1 saturated heterocycles. The first kappa shape index (κ1) is 27.3. The zero-order valence-corrected chi connectivity index (χ0v) is 22.6. The molecule has 0 saturated carbocycles. The molecule has 208 valence electrons. The van der Waals surface area contributed by atoms with Crippen molar-refractivity contribution in [2.24, 2.45) is 0 Å². The highest BCUT2D eigenvalue weighted by Crippen LogP contribution is 2.36. The fraction of sp³-hybridized carbons (Fsp3) is 0.0571. The summed E-state index contributed by atoms with van der Waals surface area (Å²) in [5, 5.41) is 5.07. The normalized spacial score (nSPS) is 14.3. The van der Waals surface area contributed by atoms with Gasteiger partial charge in [-0.05, 0) is 57.8 Å². The monoisotopic (exact) mass is 562 g/mol. The highest BCUT2D eigenvalue weighted by atomic mass is 19.5. The molecule has 0 bridgehead atoms. The predicted octanol–water partition coefficient (Wildman–Crippen LogP) is 9.12. The molecule has 5 aromatic carbocycles. The second kappa shape index (κ2) is 11.5. The van der Waals surface area contributed by atoms with E-state index in [1.165, 1.54) is 50.0 Å². The first-order chi connectivity index (χ1) is 20.3. The van der Waals surface area contributed by atoms with Crippen molar-refractivity contribution >= 4 is 18.0 Å². The Morgan fingerprint density at radius 1 is 0.500 bits per heavy atom. The number of rotatable bonds is 5. The quantitative estimate of drug-likeness (QED) is 0.0880. The summed E-state index contributed by atoms with van der Waals surface area (Å²) in [5.41, 5.74) is 8.62. The van der Waals surface area contributed by atoms with Crippen molar-refractivity contribution in [3.05, 3.63) is 151 Å². The molecule has 2 heterocycles. The Labute approximate surface area is 242 Å². The van der Waals surface area contributed by atoms with Crippen LogP contribution in [-0.2, 0) is 0 Å². The number of benzene rings is 5. The SMILES string of the molecule is F[B-](F)(F)F.c1ccc(-c2cc(-c3ccccc3)[n+](N3CC3c3ccc4ccccc4c3)c(-c3ccccc3)c2)cc1. The molecule has 1 fully saturated rings. The average Bonchev–Trinajstić information content (AvgIpc) is 3.81. The molecule has 0 radical (unpaired) electrons. The molecule has 0 N–H and O–H groups in total. The lowest BCUT2D eigenvalue weighted by Gasteiger charge is -2.13. The highest BCUT2D eigenvalue weighted by molar-refractivity contribution is 6.50. The summed E-state index contributed by atoms with van der Waals surface area (Å²) in [4.78, 5) is 0. The largest absolute Gasteiger partial charge is 0.673 e. The Hall–Kier alpha value is -4.91. The fourth-order valence-corrected chi connectivity index (χ4v) is 5.34. The molecule has 2 nitrogen and oxygen atoms in total. The van der Waals surface area contributed by atoms with Crippen molar-refractivity contribution in [1.29, 1.82) is 0 Å². The highest BCUT2D eigenvalue weighted by Gasteiger charge is 2.46. The molecule has 7 heteroatoms. The summed E-state index contributed by atoms with van der Waals surface area (Å²) in [6.45, 7) is 0.980. The minimum atomic E-state index is -6.00. The van der Waals surface area contributed by atoms with Gasteiger partial charge >= 0.3 is 7.25 Å². The molecule has 6 aromatic rings. The second-order valence-electron chi connectivity index (χ2n) is 10.2. The number of hydrogen-bond donors (Lipinski definition) is 0. The van der Waals surface area contributed by atoms with Gasteiger partial charge in [-0.2, -0.15) is 5.01 Å².